The van der Waals surface area contributed by atoms with Crippen molar-refractivity contribution in [3.63, 3.8) is 0 Å². The molecular formula is C17H21F3N4O. The molecule has 2 atom stereocenters. The number of halogens is 3. The van der Waals surface area contributed by atoms with Gasteiger partial charge in [0, 0.05) is 34.9 Å². The number of hydrogen-bond donors (Lipinski definition) is 3. The van der Waals surface area contributed by atoms with Gasteiger partial charge in [-0.05, 0) is 25.3 Å². The number of nitrogens with zero attached hydrogens (tertiary/aromatic N) is 1. The molecule has 4 rings (SSSR count). The Hall–Kier alpha value is -1.83. The number of anilines is 1. The van der Waals surface area contributed by atoms with E-state index in [0.29, 0.717) is 18.7 Å². The molecule has 3 heterocycles. The van der Waals surface area contributed by atoms with Gasteiger partial charge in [0.05, 0.1) is 6.04 Å². The van der Waals surface area contributed by atoms with E-state index < -0.39 is 29.2 Å². The lowest BCUT2D eigenvalue weighted by molar-refractivity contribution is -0.141. The van der Waals surface area contributed by atoms with Crippen molar-refractivity contribution in [3.8, 4) is 0 Å². The van der Waals surface area contributed by atoms with Crippen LogP contribution in [0.3, 0.4) is 0 Å². The van der Waals surface area contributed by atoms with E-state index in [4.69, 9.17) is 5.73 Å². The average Bonchev–Trinajstić information content (AvgIpc) is 3.08. The minimum Gasteiger partial charge on any atom is -0.384 e. The van der Waals surface area contributed by atoms with Gasteiger partial charge in [0.25, 0.3) is 0 Å². The van der Waals surface area contributed by atoms with E-state index in [0.717, 1.165) is 43.7 Å². The smallest absolute Gasteiger partial charge is 0.384 e. The van der Waals surface area contributed by atoms with E-state index in [-0.39, 0.29) is 5.54 Å². The molecule has 2 spiro atoms. The van der Waals surface area contributed by atoms with Gasteiger partial charge in [-0.2, -0.15) is 13.2 Å². The SMILES string of the molecule is NC(=O)C1CC2(CNc3cc(C(F)(F)F)ncc32)C2(CCCCC2)N1. The summed E-state index contributed by atoms with van der Waals surface area (Å²) in [6.45, 7) is 0.502. The Labute approximate surface area is 143 Å². The summed E-state index contributed by atoms with van der Waals surface area (Å²) in [5, 5.41) is 6.60. The first kappa shape index (κ1) is 16.6. The molecule has 2 unspecified atom stereocenters. The largest absolute Gasteiger partial charge is 0.433 e. The molecular weight excluding hydrogens is 333 g/mol. The van der Waals surface area contributed by atoms with Crippen molar-refractivity contribution < 1.29 is 18.0 Å². The molecule has 1 saturated heterocycles. The van der Waals surface area contributed by atoms with E-state index in [2.05, 4.69) is 15.6 Å². The number of aromatic nitrogens is 1. The molecule has 136 valence electrons. The monoisotopic (exact) mass is 354 g/mol. The molecule has 1 aromatic rings. The Morgan fingerprint density at radius 3 is 2.64 bits per heavy atom. The molecule has 0 bridgehead atoms. The first-order valence-corrected chi connectivity index (χ1v) is 8.66. The van der Waals surface area contributed by atoms with Gasteiger partial charge in [0.2, 0.25) is 5.91 Å². The van der Waals surface area contributed by atoms with Gasteiger partial charge in [-0.15, -0.1) is 0 Å². The summed E-state index contributed by atoms with van der Waals surface area (Å²) in [7, 11) is 0. The second kappa shape index (κ2) is 5.33. The van der Waals surface area contributed by atoms with Gasteiger partial charge in [0.15, 0.2) is 0 Å². The zero-order valence-electron chi connectivity index (χ0n) is 13.7. The summed E-state index contributed by atoms with van der Waals surface area (Å²) in [6.07, 6.45) is 2.34. The Bertz CT molecular complexity index is 714. The quantitative estimate of drug-likeness (QED) is 0.723. The van der Waals surface area contributed by atoms with Crippen molar-refractivity contribution in [2.75, 3.05) is 11.9 Å². The third kappa shape index (κ3) is 2.33. The molecule has 3 aliphatic rings. The highest BCUT2D eigenvalue weighted by molar-refractivity contribution is 5.81. The maximum absolute atomic E-state index is 13.0. The number of alkyl halides is 3. The van der Waals surface area contributed by atoms with Gasteiger partial charge in [0.1, 0.15) is 5.69 Å². The lowest BCUT2D eigenvalue weighted by Crippen LogP contribution is -2.57. The molecule has 25 heavy (non-hydrogen) atoms. The highest BCUT2D eigenvalue weighted by Gasteiger charge is 2.62. The van der Waals surface area contributed by atoms with Crippen molar-refractivity contribution in [2.24, 2.45) is 5.73 Å². The molecule has 1 aromatic heterocycles. The van der Waals surface area contributed by atoms with Crippen LogP contribution < -0.4 is 16.4 Å². The van der Waals surface area contributed by atoms with Gasteiger partial charge in [-0.1, -0.05) is 19.3 Å². The van der Waals surface area contributed by atoms with Crippen LogP contribution in [0.5, 0.6) is 0 Å². The highest BCUT2D eigenvalue weighted by Crippen LogP contribution is 2.56. The Kier molecular flexibility index (Phi) is 3.55. The Balaban J connectivity index is 1.80. The maximum Gasteiger partial charge on any atom is 0.433 e. The average molecular weight is 354 g/mol. The van der Waals surface area contributed by atoms with Crippen molar-refractivity contribution in [1.82, 2.24) is 10.3 Å². The summed E-state index contributed by atoms with van der Waals surface area (Å²) in [5.41, 5.74) is 5.14. The molecule has 0 radical (unpaired) electrons. The normalized spacial score (nSPS) is 30.4. The van der Waals surface area contributed by atoms with Crippen LogP contribution in [-0.4, -0.2) is 29.0 Å². The number of nitrogens with one attached hydrogen (secondary N) is 2. The number of nitrogens with two attached hydrogens (primary N) is 1. The number of fused-ring (bicyclic) bond motifs is 3. The molecule has 1 saturated carbocycles. The van der Waals surface area contributed by atoms with Gasteiger partial charge in [-0.3, -0.25) is 15.1 Å². The van der Waals surface area contributed by atoms with Crippen LogP contribution in [-0.2, 0) is 16.4 Å². The van der Waals surface area contributed by atoms with Crippen LogP contribution in [0.2, 0.25) is 0 Å². The van der Waals surface area contributed by atoms with Gasteiger partial charge < -0.3 is 11.1 Å². The lowest BCUT2D eigenvalue weighted by atomic mass is 9.61. The summed E-state index contributed by atoms with van der Waals surface area (Å²) in [5.74, 6) is -0.407. The predicted molar refractivity (Wildman–Crippen MR) is 86.0 cm³/mol. The van der Waals surface area contributed by atoms with Crippen LogP contribution in [0.15, 0.2) is 12.3 Å². The minimum atomic E-state index is -4.47. The third-order valence-electron chi connectivity index (χ3n) is 6.26. The molecule has 2 aliphatic heterocycles. The van der Waals surface area contributed by atoms with E-state index in [9.17, 15) is 18.0 Å². The number of pyridine rings is 1. The molecule has 1 aliphatic carbocycles. The second-order valence-electron chi connectivity index (χ2n) is 7.49. The summed E-state index contributed by atoms with van der Waals surface area (Å²) in [4.78, 5) is 15.5. The second-order valence-corrected chi connectivity index (χ2v) is 7.49. The molecule has 5 nitrogen and oxygen atoms in total. The first-order valence-electron chi connectivity index (χ1n) is 8.66. The van der Waals surface area contributed by atoms with Crippen molar-refractivity contribution >= 4 is 11.6 Å². The molecule has 0 aromatic carbocycles. The van der Waals surface area contributed by atoms with Crippen LogP contribution in [0.1, 0.15) is 49.8 Å². The third-order valence-corrected chi connectivity index (χ3v) is 6.26. The number of hydrogen-bond acceptors (Lipinski definition) is 4. The predicted octanol–water partition coefficient (Wildman–Crippen LogP) is 2.31. The summed E-state index contributed by atoms with van der Waals surface area (Å²) < 4.78 is 38.9. The van der Waals surface area contributed by atoms with E-state index in [1.165, 1.54) is 6.20 Å². The number of carbonyl (C=O) groups excluding carboxylic acids is 1. The van der Waals surface area contributed by atoms with Crippen LogP contribution >= 0.6 is 0 Å². The van der Waals surface area contributed by atoms with Crippen LogP contribution in [0.4, 0.5) is 18.9 Å². The molecule has 8 heteroatoms. The standard InChI is InChI=1S/C17H21F3N4O/c18-17(19,20)13-6-11-10(8-22-13)15(9-23-11)7-12(14(21)25)24-16(15)4-2-1-3-5-16/h6,8,12,23-24H,1-5,7,9H2,(H2,21,25). The van der Waals surface area contributed by atoms with E-state index in [1.807, 2.05) is 0 Å². The van der Waals surface area contributed by atoms with E-state index >= 15 is 0 Å². The topological polar surface area (TPSA) is 80.0 Å². The van der Waals surface area contributed by atoms with Crippen LogP contribution in [0.25, 0.3) is 0 Å². The number of rotatable bonds is 1. The van der Waals surface area contributed by atoms with E-state index in [1.54, 1.807) is 0 Å². The Morgan fingerprint density at radius 1 is 1.28 bits per heavy atom. The Morgan fingerprint density at radius 2 is 2.00 bits per heavy atom. The number of carbonyl (C=O) groups is 1. The molecule has 1 amide bonds. The van der Waals surface area contributed by atoms with Gasteiger partial charge >= 0.3 is 6.18 Å². The van der Waals surface area contributed by atoms with Crippen molar-refractivity contribution in [3.05, 3.63) is 23.5 Å². The zero-order chi connectivity index (χ0) is 17.9. The van der Waals surface area contributed by atoms with Crippen molar-refractivity contribution in [1.29, 1.82) is 0 Å². The fraction of sp³-hybridized carbons (Fsp3) is 0.647. The van der Waals surface area contributed by atoms with Crippen molar-refractivity contribution in [2.45, 2.75) is 61.7 Å². The molecule has 4 N–H and O–H groups in total. The summed E-state index contributed by atoms with van der Waals surface area (Å²) in [6, 6.07) is 0.617. The van der Waals surface area contributed by atoms with Gasteiger partial charge in [-0.25, -0.2) is 0 Å². The first-order chi connectivity index (χ1) is 11.8. The lowest BCUT2D eigenvalue weighted by Gasteiger charge is -2.46. The minimum absolute atomic E-state index is 0.315. The highest BCUT2D eigenvalue weighted by atomic mass is 19.4. The zero-order valence-corrected chi connectivity index (χ0v) is 13.7. The summed E-state index contributed by atoms with van der Waals surface area (Å²) >= 11 is 0. The fourth-order valence-electron chi connectivity index (χ4n) is 5.10. The molecule has 2 fully saturated rings. The number of amides is 1. The maximum atomic E-state index is 13.0. The number of primary amides is 1. The fourth-order valence-corrected chi connectivity index (χ4v) is 5.10. The van der Waals surface area contributed by atoms with Crippen LogP contribution in [0, 0.1) is 0 Å².